The molecular formula is C8H15N. The first-order valence-electron chi connectivity index (χ1n) is 3.52. The monoisotopic (exact) mass is 125 g/mol. The molecule has 0 fully saturated rings. The van der Waals surface area contributed by atoms with Gasteiger partial charge in [0.25, 0.3) is 0 Å². The van der Waals surface area contributed by atoms with Crippen molar-refractivity contribution < 1.29 is 0 Å². The van der Waals surface area contributed by atoms with Gasteiger partial charge in [-0.05, 0) is 19.8 Å². The number of aliphatic imine (C=N–C) groups is 1. The van der Waals surface area contributed by atoms with Crippen LogP contribution in [0.2, 0.25) is 0 Å². The molecule has 0 saturated carbocycles. The predicted octanol–water partition coefficient (Wildman–Crippen LogP) is 2.78. The van der Waals surface area contributed by atoms with Crippen molar-refractivity contribution in [2.75, 3.05) is 0 Å². The molecule has 0 aliphatic heterocycles. The maximum Gasteiger partial charge on any atom is 0.0356 e. The van der Waals surface area contributed by atoms with Gasteiger partial charge in [-0.15, -0.1) is 0 Å². The smallest absolute Gasteiger partial charge is 0.0356 e. The molecule has 0 unspecified atom stereocenters. The lowest BCUT2D eigenvalue weighted by atomic mass is 10.3. The molecule has 1 nitrogen and oxygen atoms in total. The van der Waals surface area contributed by atoms with Gasteiger partial charge in [-0.1, -0.05) is 19.9 Å². The number of hydrogen-bond donors (Lipinski definition) is 0. The Morgan fingerprint density at radius 1 is 1.44 bits per heavy atom. The first-order chi connectivity index (χ1) is 4.35. The largest absolute Gasteiger partial charge is 0.266 e. The summed E-state index contributed by atoms with van der Waals surface area (Å²) in [6.45, 7) is 6.19. The molecule has 0 atom stereocenters. The van der Waals surface area contributed by atoms with Crippen molar-refractivity contribution in [1.82, 2.24) is 0 Å². The quantitative estimate of drug-likeness (QED) is 0.514. The molecule has 0 heterocycles. The Bertz CT molecular complexity index is 112. The van der Waals surface area contributed by atoms with E-state index < -0.39 is 0 Å². The van der Waals surface area contributed by atoms with Crippen LogP contribution in [0, 0.1) is 0 Å². The van der Waals surface area contributed by atoms with E-state index in [4.69, 9.17) is 0 Å². The summed E-state index contributed by atoms with van der Waals surface area (Å²) in [5, 5.41) is 0. The first kappa shape index (κ1) is 8.41. The molecule has 0 aliphatic carbocycles. The SMILES string of the molecule is C/C=N\C(=C/CC)CC. The van der Waals surface area contributed by atoms with Crippen LogP contribution in [0.5, 0.6) is 0 Å². The van der Waals surface area contributed by atoms with Crippen molar-refractivity contribution in [2.24, 2.45) is 4.99 Å². The third kappa shape index (κ3) is 3.95. The molecule has 52 valence electrons. The van der Waals surface area contributed by atoms with Crippen molar-refractivity contribution in [3.8, 4) is 0 Å². The molecule has 0 radical (unpaired) electrons. The lowest BCUT2D eigenvalue weighted by molar-refractivity contribution is 1.03. The van der Waals surface area contributed by atoms with Crippen LogP contribution < -0.4 is 0 Å². The fourth-order valence-electron chi connectivity index (χ4n) is 0.690. The minimum Gasteiger partial charge on any atom is -0.266 e. The summed E-state index contributed by atoms with van der Waals surface area (Å²) in [7, 11) is 0. The van der Waals surface area contributed by atoms with Crippen LogP contribution in [0.1, 0.15) is 33.6 Å². The Morgan fingerprint density at radius 2 is 2.11 bits per heavy atom. The van der Waals surface area contributed by atoms with E-state index in [0.717, 1.165) is 12.8 Å². The first-order valence-corrected chi connectivity index (χ1v) is 3.52. The molecular weight excluding hydrogens is 110 g/mol. The fraction of sp³-hybridized carbons (Fsp3) is 0.625. The maximum atomic E-state index is 4.17. The lowest BCUT2D eigenvalue weighted by Gasteiger charge is -1.92. The third-order valence-electron chi connectivity index (χ3n) is 1.10. The van der Waals surface area contributed by atoms with Crippen molar-refractivity contribution in [3.05, 3.63) is 11.8 Å². The summed E-state index contributed by atoms with van der Waals surface area (Å²) in [6.07, 6.45) is 6.11. The average molecular weight is 125 g/mol. The van der Waals surface area contributed by atoms with Gasteiger partial charge in [0.2, 0.25) is 0 Å². The predicted molar refractivity (Wildman–Crippen MR) is 42.8 cm³/mol. The van der Waals surface area contributed by atoms with Crippen LogP contribution in [-0.2, 0) is 0 Å². The van der Waals surface area contributed by atoms with E-state index in [1.165, 1.54) is 5.70 Å². The van der Waals surface area contributed by atoms with Crippen molar-refractivity contribution in [2.45, 2.75) is 33.6 Å². The number of nitrogens with zero attached hydrogens (tertiary/aromatic N) is 1. The fourth-order valence-corrected chi connectivity index (χ4v) is 0.690. The summed E-state index contributed by atoms with van der Waals surface area (Å²) >= 11 is 0. The summed E-state index contributed by atoms with van der Waals surface area (Å²) in [5.74, 6) is 0. The van der Waals surface area contributed by atoms with Crippen LogP contribution in [0.3, 0.4) is 0 Å². The van der Waals surface area contributed by atoms with Gasteiger partial charge in [0.1, 0.15) is 0 Å². The summed E-state index contributed by atoms with van der Waals surface area (Å²) < 4.78 is 0. The molecule has 0 rings (SSSR count). The van der Waals surface area contributed by atoms with E-state index in [1.54, 1.807) is 0 Å². The molecule has 0 amide bonds. The number of allylic oxidation sites excluding steroid dienone is 2. The van der Waals surface area contributed by atoms with E-state index in [0.29, 0.717) is 0 Å². The Labute approximate surface area is 57.5 Å². The zero-order chi connectivity index (χ0) is 7.11. The molecule has 0 N–H and O–H groups in total. The minimum absolute atomic E-state index is 1.04. The summed E-state index contributed by atoms with van der Waals surface area (Å²) in [6, 6.07) is 0. The van der Waals surface area contributed by atoms with E-state index >= 15 is 0 Å². The Hall–Kier alpha value is -0.590. The van der Waals surface area contributed by atoms with E-state index in [9.17, 15) is 0 Å². The second-order valence-corrected chi connectivity index (χ2v) is 1.84. The van der Waals surface area contributed by atoms with Crippen molar-refractivity contribution in [3.63, 3.8) is 0 Å². The van der Waals surface area contributed by atoms with E-state index in [-0.39, 0.29) is 0 Å². The Balaban J connectivity index is 3.81. The van der Waals surface area contributed by atoms with E-state index in [2.05, 4.69) is 24.9 Å². The average Bonchev–Trinajstić information content (AvgIpc) is 1.88. The second kappa shape index (κ2) is 5.54. The maximum absolute atomic E-state index is 4.17. The highest BCUT2D eigenvalue weighted by atomic mass is 14.7. The highest BCUT2D eigenvalue weighted by Crippen LogP contribution is 2.01. The third-order valence-corrected chi connectivity index (χ3v) is 1.10. The lowest BCUT2D eigenvalue weighted by Crippen LogP contribution is -1.74. The molecule has 0 aromatic rings. The molecule has 1 heteroatoms. The molecule has 0 aromatic heterocycles. The van der Waals surface area contributed by atoms with Gasteiger partial charge in [-0.3, -0.25) is 4.99 Å². The molecule has 9 heavy (non-hydrogen) atoms. The van der Waals surface area contributed by atoms with Gasteiger partial charge in [0, 0.05) is 11.9 Å². The summed E-state index contributed by atoms with van der Waals surface area (Å²) in [5.41, 5.74) is 1.19. The van der Waals surface area contributed by atoms with Gasteiger partial charge >= 0.3 is 0 Å². The zero-order valence-corrected chi connectivity index (χ0v) is 6.52. The number of rotatable bonds is 3. The molecule has 0 spiro atoms. The van der Waals surface area contributed by atoms with Crippen LogP contribution in [0.25, 0.3) is 0 Å². The van der Waals surface area contributed by atoms with Gasteiger partial charge in [-0.2, -0.15) is 0 Å². The van der Waals surface area contributed by atoms with Crippen LogP contribution >= 0.6 is 0 Å². The van der Waals surface area contributed by atoms with Gasteiger partial charge in [-0.25, -0.2) is 0 Å². The van der Waals surface area contributed by atoms with Gasteiger partial charge < -0.3 is 0 Å². The van der Waals surface area contributed by atoms with Gasteiger partial charge in [0.05, 0.1) is 0 Å². The van der Waals surface area contributed by atoms with E-state index in [1.807, 2.05) is 13.1 Å². The minimum atomic E-state index is 1.04. The van der Waals surface area contributed by atoms with Crippen molar-refractivity contribution >= 4 is 6.21 Å². The zero-order valence-electron chi connectivity index (χ0n) is 6.52. The molecule has 0 saturated heterocycles. The molecule has 0 aliphatic rings. The van der Waals surface area contributed by atoms with Crippen molar-refractivity contribution in [1.29, 1.82) is 0 Å². The van der Waals surface area contributed by atoms with Gasteiger partial charge in [0.15, 0.2) is 0 Å². The van der Waals surface area contributed by atoms with Crippen LogP contribution in [0.15, 0.2) is 16.8 Å². The Kier molecular flexibility index (Phi) is 5.18. The Morgan fingerprint density at radius 3 is 2.44 bits per heavy atom. The number of hydrogen-bond acceptors (Lipinski definition) is 1. The molecule has 0 bridgehead atoms. The van der Waals surface area contributed by atoms with Crippen LogP contribution in [-0.4, -0.2) is 6.21 Å². The second-order valence-electron chi connectivity index (χ2n) is 1.84. The summed E-state index contributed by atoms with van der Waals surface area (Å²) in [4.78, 5) is 4.17. The standard InChI is InChI=1S/C8H15N/c1-4-7-8(5-2)9-6-3/h6-7H,4-5H2,1-3H3/b8-7-,9-6-. The van der Waals surface area contributed by atoms with Crippen LogP contribution in [0.4, 0.5) is 0 Å². The molecule has 0 aromatic carbocycles. The normalized spacial score (nSPS) is 13.0. The highest BCUT2D eigenvalue weighted by Gasteiger charge is 1.83. The topological polar surface area (TPSA) is 12.4 Å². The highest BCUT2D eigenvalue weighted by molar-refractivity contribution is 5.55.